The Hall–Kier alpha value is -3.26. The number of nitrogens with one attached hydrogen (secondary N) is 1. The first-order chi connectivity index (χ1) is 18.1. The summed E-state index contributed by atoms with van der Waals surface area (Å²) < 4.78 is 5.43. The highest BCUT2D eigenvalue weighted by molar-refractivity contribution is 6.30. The Morgan fingerprint density at radius 2 is 1.68 bits per heavy atom. The molecule has 2 aromatic carbocycles. The first-order valence-corrected chi connectivity index (χ1v) is 13.6. The molecule has 3 amide bonds. The van der Waals surface area contributed by atoms with E-state index in [9.17, 15) is 14.4 Å². The van der Waals surface area contributed by atoms with E-state index in [-0.39, 0.29) is 11.8 Å². The molecule has 2 saturated heterocycles. The van der Waals surface area contributed by atoms with Crippen molar-refractivity contribution in [1.29, 1.82) is 0 Å². The Labute approximate surface area is 229 Å². The summed E-state index contributed by atoms with van der Waals surface area (Å²) in [7, 11) is 0. The van der Waals surface area contributed by atoms with E-state index >= 15 is 0 Å². The summed E-state index contributed by atoms with van der Waals surface area (Å²) in [5, 5.41) is 3.41. The molecule has 2 heterocycles. The van der Waals surface area contributed by atoms with E-state index in [1.54, 1.807) is 37.8 Å². The molecule has 9 heteroatoms. The fourth-order valence-corrected chi connectivity index (χ4v) is 5.05. The van der Waals surface area contributed by atoms with E-state index in [1.807, 2.05) is 29.2 Å². The van der Waals surface area contributed by atoms with Crippen molar-refractivity contribution in [3.63, 3.8) is 0 Å². The third-order valence-corrected chi connectivity index (χ3v) is 7.05. The number of para-hydroxylation sites is 1. The maximum absolute atomic E-state index is 13.6. The highest BCUT2D eigenvalue weighted by atomic mass is 35.5. The van der Waals surface area contributed by atoms with Crippen molar-refractivity contribution in [2.24, 2.45) is 0 Å². The predicted octanol–water partition coefficient (Wildman–Crippen LogP) is 4.25. The van der Waals surface area contributed by atoms with E-state index < -0.39 is 17.7 Å². The molecule has 4 rings (SSSR count). The lowest BCUT2D eigenvalue weighted by Gasteiger charge is -2.38. The summed E-state index contributed by atoms with van der Waals surface area (Å²) in [6, 6.07) is 14.7. The van der Waals surface area contributed by atoms with Gasteiger partial charge in [-0.2, -0.15) is 0 Å². The third-order valence-electron chi connectivity index (χ3n) is 6.80. The first kappa shape index (κ1) is 27.8. The summed E-state index contributed by atoms with van der Waals surface area (Å²) >= 11 is 6.03. The Morgan fingerprint density at radius 1 is 1.00 bits per heavy atom. The standard InChI is InChI=1S/C29H37ClN4O4/c1-29(2,3)38-28(37)31-24(19-21-10-12-23(30)13-11-21)27(36)33-17-15-32(16-18-33)25-8-5-4-7-22(25)20-34-14-6-9-26(34)35/h4-5,7-8,10-13,24H,6,9,14-20H2,1-3H3,(H,31,37)/t24-/m1/s1. The zero-order chi connectivity index (χ0) is 27.3. The molecule has 0 saturated carbocycles. The van der Waals surface area contributed by atoms with E-state index in [1.165, 1.54) is 0 Å². The van der Waals surface area contributed by atoms with Crippen molar-refractivity contribution in [1.82, 2.24) is 15.1 Å². The van der Waals surface area contributed by atoms with Gasteiger partial charge in [0, 0.05) is 62.8 Å². The van der Waals surface area contributed by atoms with E-state index in [0.717, 1.165) is 29.8 Å². The van der Waals surface area contributed by atoms with Gasteiger partial charge in [-0.15, -0.1) is 0 Å². The van der Waals surface area contributed by atoms with Crippen molar-refractivity contribution in [3.8, 4) is 0 Å². The molecule has 38 heavy (non-hydrogen) atoms. The van der Waals surface area contributed by atoms with Gasteiger partial charge in [-0.25, -0.2) is 4.79 Å². The molecule has 2 fully saturated rings. The van der Waals surface area contributed by atoms with E-state index in [0.29, 0.717) is 50.6 Å². The molecule has 8 nitrogen and oxygen atoms in total. The van der Waals surface area contributed by atoms with Crippen molar-refractivity contribution >= 4 is 35.2 Å². The summed E-state index contributed by atoms with van der Waals surface area (Å²) in [6.45, 7) is 9.17. The van der Waals surface area contributed by atoms with Crippen LogP contribution in [0.3, 0.4) is 0 Å². The quantitative estimate of drug-likeness (QED) is 0.568. The van der Waals surface area contributed by atoms with Crippen LogP contribution in [-0.4, -0.2) is 72.1 Å². The second-order valence-corrected chi connectivity index (χ2v) is 11.3. The minimum absolute atomic E-state index is 0.138. The van der Waals surface area contributed by atoms with E-state index in [4.69, 9.17) is 16.3 Å². The molecule has 1 N–H and O–H groups in total. The summed E-state index contributed by atoms with van der Waals surface area (Å²) in [5.41, 5.74) is 2.45. The van der Waals surface area contributed by atoms with Crippen LogP contribution in [0.1, 0.15) is 44.7 Å². The lowest BCUT2D eigenvalue weighted by molar-refractivity contribution is -0.133. The number of carbonyl (C=O) groups is 3. The van der Waals surface area contributed by atoms with Gasteiger partial charge in [0.25, 0.3) is 0 Å². The van der Waals surface area contributed by atoms with Gasteiger partial charge in [0.2, 0.25) is 11.8 Å². The zero-order valence-electron chi connectivity index (χ0n) is 22.4. The molecule has 0 aromatic heterocycles. The molecule has 204 valence electrons. The number of piperazine rings is 1. The number of alkyl carbamates (subject to hydrolysis) is 1. The van der Waals surface area contributed by atoms with Crippen LogP contribution in [-0.2, 0) is 27.3 Å². The van der Waals surface area contributed by atoms with Crippen molar-refractivity contribution in [2.75, 3.05) is 37.6 Å². The van der Waals surface area contributed by atoms with Crippen LogP contribution < -0.4 is 10.2 Å². The Morgan fingerprint density at radius 3 is 2.32 bits per heavy atom. The molecule has 1 atom stereocenters. The van der Waals surface area contributed by atoms with Gasteiger partial charge >= 0.3 is 6.09 Å². The fourth-order valence-electron chi connectivity index (χ4n) is 4.92. The lowest BCUT2D eigenvalue weighted by Crippen LogP contribution is -2.56. The number of amides is 3. The molecule has 0 unspecified atom stereocenters. The number of halogens is 1. The van der Waals surface area contributed by atoms with Crippen molar-refractivity contribution in [2.45, 2.75) is 58.2 Å². The molecular formula is C29H37ClN4O4. The smallest absolute Gasteiger partial charge is 0.408 e. The van der Waals surface area contributed by atoms with Crippen LogP contribution in [0.15, 0.2) is 48.5 Å². The maximum atomic E-state index is 13.6. The Kier molecular flexibility index (Phi) is 8.82. The van der Waals surface area contributed by atoms with Gasteiger partial charge in [0.1, 0.15) is 11.6 Å². The number of rotatable bonds is 7. The number of nitrogens with zero attached hydrogens (tertiary/aromatic N) is 3. The van der Waals surface area contributed by atoms with Gasteiger partial charge in [0.15, 0.2) is 0 Å². The molecule has 0 bridgehead atoms. The molecule has 2 aliphatic rings. The van der Waals surface area contributed by atoms with Gasteiger partial charge in [-0.05, 0) is 56.5 Å². The number of anilines is 1. The number of hydrogen-bond donors (Lipinski definition) is 1. The van der Waals surface area contributed by atoms with E-state index in [2.05, 4.69) is 22.3 Å². The zero-order valence-corrected chi connectivity index (χ0v) is 23.2. The minimum atomic E-state index is -0.758. The number of likely N-dealkylation sites (tertiary alicyclic amines) is 1. The largest absolute Gasteiger partial charge is 0.444 e. The summed E-state index contributed by atoms with van der Waals surface area (Å²) in [5.74, 6) is 0.0702. The highest BCUT2D eigenvalue weighted by Crippen LogP contribution is 2.25. The second kappa shape index (κ2) is 12.1. The lowest BCUT2D eigenvalue weighted by atomic mass is 10.0. The van der Waals surface area contributed by atoms with Crippen LogP contribution in [0.5, 0.6) is 0 Å². The van der Waals surface area contributed by atoms with Crippen LogP contribution in [0.25, 0.3) is 0 Å². The maximum Gasteiger partial charge on any atom is 0.408 e. The predicted molar refractivity (Wildman–Crippen MR) is 148 cm³/mol. The Bertz CT molecular complexity index is 1140. The van der Waals surface area contributed by atoms with Crippen LogP contribution >= 0.6 is 11.6 Å². The second-order valence-electron chi connectivity index (χ2n) is 10.9. The number of hydrogen-bond acceptors (Lipinski definition) is 5. The molecule has 2 aliphatic heterocycles. The average molecular weight is 541 g/mol. The monoisotopic (exact) mass is 540 g/mol. The topological polar surface area (TPSA) is 82.2 Å². The number of ether oxygens (including phenoxy) is 1. The van der Waals surface area contributed by atoms with Crippen molar-refractivity contribution in [3.05, 3.63) is 64.7 Å². The molecule has 0 radical (unpaired) electrons. The van der Waals surface area contributed by atoms with Gasteiger partial charge in [0.05, 0.1) is 0 Å². The third kappa shape index (κ3) is 7.40. The van der Waals surface area contributed by atoms with Gasteiger partial charge in [-0.3, -0.25) is 9.59 Å². The highest BCUT2D eigenvalue weighted by Gasteiger charge is 2.31. The molecule has 0 aliphatic carbocycles. The summed E-state index contributed by atoms with van der Waals surface area (Å²) in [4.78, 5) is 44.4. The van der Waals surface area contributed by atoms with Gasteiger partial charge in [-0.1, -0.05) is 41.9 Å². The van der Waals surface area contributed by atoms with Crippen LogP contribution in [0.4, 0.5) is 10.5 Å². The first-order valence-electron chi connectivity index (χ1n) is 13.2. The van der Waals surface area contributed by atoms with Crippen LogP contribution in [0.2, 0.25) is 5.02 Å². The normalized spacial score (nSPS) is 16.9. The Balaban J connectivity index is 1.42. The minimum Gasteiger partial charge on any atom is -0.444 e. The average Bonchev–Trinajstić information content (AvgIpc) is 3.28. The molecule has 2 aromatic rings. The molecule has 0 spiro atoms. The number of carbonyl (C=O) groups excluding carboxylic acids is 3. The fraction of sp³-hybridized carbons (Fsp3) is 0.483. The SMILES string of the molecule is CC(C)(C)OC(=O)N[C@H](Cc1ccc(Cl)cc1)C(=O)N1CCN(c2ccccc2CN2CCCC2=O)CC1. The van der Waals surface area contributed by atoms with Crippen LogP contribution in [0, 0.1) is 0 Å². The number of benzene rings is 2. The molecular weight excluding hydrogens is 504 g/mol. The van der Waals surface area contributed by atoms with Crippen molar-refractivity contribution < 1.29 is 19.1 Å². The summed E-state index contributed by atoms with van der Waals surface area (Å²) in [6.07, 6.45) is 1.25. The van der Waals surface area contributed by atoms with Gasteiger partial charge < -0.3 is 24.8 Å².